The Hall–Kier alpha value is -1.73. The smallest absolute Gasteiger partial charge is 0.178 e. The van der Waals surface area contributed by atoms with E-state index < -0.39 is 0 Å². The fraction of sp³-hybridized carbons (Fsp3) is 0.688. The summed E-state index contributed by atoms with van der Waals surface area (Å²) in [6.45, 7) is 10.3. The van der Waals surface area contributed by atoms with E-state index in [1.54, 1.807) is 0 Å². The Balaban J connectivity index is 1.64. The molecule has 0 amide bonds. The van der Waals surface area contributed by atoms with Gasteiger partial charge in [-0.3, -0.25) is 4.90 Å². The van der Waals surface area contributed by atoms with Crippen molar-refractivity contribution in [1.82, 2.24) is 24.7 Å². The molecule has 0 unspecified atom stereocenters. The number of likely N-dealkylation sites (N-methyl/N-ethyl adjacent to an activating group) is 1. The first-order valence-electron chi connectivity index (χ1n) is 8.37. The van der Waals surface area contributed by atoms with E-state index in [9.17, 15) is 0 Å². The molecule has 2 atom stereocenters. The average molecular weight is 318 g/mol. The summed E-state index contributed by atoms with van der Waals surface area (Å²) in [6, 6.07) is 3.98. The van der Waals surface area contributed by atoms with Crippen molar-refractivity contribution < 1.29 is 4.74 Å². The minimum absolute atomic E-state index is 0.308. The molecule has 0 aliphatic carbocycles. The van der Waals surface area contributed by atoms with E-state index in [4.69, 9.17) is 4.74 Å². The molecular formula is C16H26N6O. The number of hydrogen-bond donors (Lipinski definition) is 0. The first-order valence-corrected chi connectivity index (χ1v) is 8.37. The number of nitrogens with zero attached hydrogens (tertiary/aromatic N) is 6. The SMILES string of the molecule is CCc1nnc2ccc(N(C)CCN3C[C@@H](C)O[C@@H](C)C3)nn12. The van der Waals surface area contributed by atoms with Gasteiger partial charge < -0.3 is 9.64 Å². The van der Waals surface area contributed by atoms with Crippen LogP contribution in [0.25, 0.3) is 5.65 Å². The van der Waals surface area contributed by atoms with Crippen molar-refractivity contribution in [2.75, 3.05) is 38.1 Å². The molecule has 3 heterocycles. The van der Waals surface area contributed by atoms with Crippen LogP contribution in [0.5, 0.6) is 0 Å². The van der Waals surface area contributed by atoms with Crippen LogP contribution in [0.1, 0.15) is 26.6 Å². The summed E-state index contributed by atoms with van der Waals surface area (Å²) in [5, 5.41) is 13.0. The highest BCUT2D eigenvalue weighted by atomic mass is 16.5. The number of rotatable bonds is 5. The van der Waals surface area contributed by atoms with E-state index in [1.807, 2.05) is 16.6 Å². The van der Waals surface area contributed by atoms with Crippen LogP contribution in [0.3, 0.4) is 0 Å². The minimum Gasteiger partial charge on any atom is -0.373 e. The summed E-state index contributed by atoms with van der Waals surface area (Å²) in [4.78, 5) is 4.65. The topological polar surface area (TPSA) is 58.8 Å². The molecule has 0 spiro atoms. The lowest BCUT2D eigenvalue weighted by Crippen LogP contribution is -2.47. The van der Waals surface area contributed by atoms with Crippen LogP contribution < -0.4 is 4.90 Å². The Morgan fingerprint density at radius 2 is 1.96 bits per heavy atom. The Kier molecular flexibility index (Phi) is 4.77. The first-order chi connectivity index (χ1) is 11.1. The fourth-order valence-electron chi connectivity index (χ4n) is 3.12. The van der Waals surface area contributed by atoms with Crippen molar-refractivity contribution in [2.24, 2.45) is 0 Å². The number of aryl methyl sites for hydroxylation is 1. The third-order valence-corrected chi connectivity index (χ3v) is 4.27. The van der Waals surface area contributed by atoms with Crippen molar-refractivity contribution >= 4 is 11.5 Å². The average Bonchev–Trinajstić information content (AvgIpc) is 2.93. The van der Waals surface area contributed by atoms with Gasteiger partial charge in [-0.25, -0.2) is 0 Å². The lowest BCUT2D eigenvalue weighted by atomic mass is 10.2. The van der Waals surface area contributed by atoms with Gasteiger partial charge in [-0.2, -0.15) is 4.52 Å². The van der Waals surface area contributed by atoms with Gasteiger partial charge in [0.1, 0.15) is 5.82 Å². The van der Waals surface area contributed by atoms with E-state index in [-0.39, 0.29) is 0 Å². The predicted molar refractivity (Wildman–Crippen MR) is 89.9 cm³/mol. The molecule has 0 aromatic carbocycles. The second-order valence-corrected chi connectivity index (χ2v) is 6.37. The summed E-state index contributed by atoms with van der Waals surface area (Å²) >= 11 is 0. The molecule has 0 radical (unpaired) electrons. The number of morpholine rings is 1. The van der Waals surface area contributed by atoms with E-state index in [0.29, 0.717) is 12.2 Å². The molecule has 1 fully saturated rings. The van der Waals surface area contributed by atoms with E-state index in [0.717, 1.165) is 49.9 Å². The van der Waals surface area contributed by atoms with Crippen molar-refractivity contribution in [1.29, 1.82) is 0 Å². The molecule has 7 heteroatoms. The number of aromatic nitrogens is 4. The van der Waals surface area contributed by atoms with Crippen molar-refractivity contribution in [2.45, 2.75) is 39.4 Å². The molecule has 2 aromatic heterocycles. The molecular weight excluding hydrogens is 292 g/mol. The van der Waals surface area contributed by atoms with Gasteiger partial charge in [0, 0.05) is 39.6 Å². The Morgan fingerprint density at radius 1 is 1.22 bits per heavy atom. The van der Waals surface area contributed by atoms with Gasteiger partial charge in [0.2, 0.25) is 0 Å². The molecule has 1 saturated heterocycles. The van der Waals surface area contributed by atoms with Crippen molar-refractivity contribution in [3.8, 4) is 0 Å². The third-order valence-electron chi connectivity index (χ3n) is 4.27. The van der Waals surface area contributed by atoms with Gasteiger partial charge in [0.25, 0.3) is 0 Å². The van der Waals surface area contributed by atoms with Crippen LogP contribution in [0.15, 0.2) is 12.1 Å². The quantitative estimate of drug-likeness (QED) is 0.826. The van der Waals surface area contributed by atoms with Gasteiger partial charge in [-0.1, -0.05) is 6.92 Å². The van der Waals surface area contributed by atoms with E-state index in [1.165, 1.54) is 0 Å². The molecule has 1 aliphatic heterocycles. The molecule has 0 bridgehead atoms. The van der Waals surface area contributed by atoms with Crippen molar-refractivity contribution in [3.05, 3.63) is 18.0 Å². The van der Waals surface area contributed by atoms with Crippen LogP contribution in [-0.4, -0.2) is 70.1 Å². The largest absolute Gasteiger partial charge is 0.373 e. The van der Waals surface area contributed by atoms with Crippen LogP contribution >= 0.6 is 0 Å². The zero-order chi connectivity index (χ0) is 16.4. The highest BCUT2D eigenvalue weighted by Gasteiger charge is 2.22. The summed E-state index contributed by atoms with van der Waals surface area (Å²) in [5.41, 5.74) is 0.801. The standard InChI is InChI=1S/C16H26N6O/c1-5-14-17-18-15-6-7-16(19-22(14)15)20(4)8-9-21-10-12(2)23-13(3)11-21/h6-7,12-13H,5,8-11H2,1-4H3/t12-,13+. The van der Waals surface area contributed by atoms with Crippen LogP contribution in [0, 0.1) is 0 Å². The summed E-state index contributed by atoms with van der Waals surface area (Å²) in [6.07, 6.45) is 1.44. The predicted octanol–water partition coefficient (Wildman–Crippen LogP) is 1.23. The maximum atomic E-state index is 5.79. The van der Waals surface area contributed by atoms with Gasteiger partial charge in [-0.05, 0) is 26.0 Å². The zero-order valence-electron chi connectivity index (χ0n) is 14.4. The number of hydrogen-bond acceptors (Lipinski definition) is 6. The number of fused-ring (bicyclic) bond motifs is 1. The molecule has 3 rings (SSSR count). The van der Waals surface area contributed by atoms with Gasteiger partial charge in [0.05, 0.1) is 12.2 Å². The monoisotopic (exact) mass is 318 g/mol. The summed E-state index contributed by atoms with van der Waals surface area (Å²) in [5.74, 6) is 1.84. The van der Waals surface area contributed by atoms with E-state index >= 15 is 0 Å². The summed E-state index contributed by atoms with van der Waals surface area (Å²) in [7, 11) is 2.08. The molecule has 0 N–H and O–H groups in total. The highest BCUT2D eigenvalue weighted by molar-refractivity contribution is 5.45. The Labute approximate surface area is 137 Å². The second kappa shape index (κ2) is 6.80. The molecule has 23 heavy (non-hydrogen) atoms. The fourth-order valence-corrected chi connectivity index (χ4v) is 3.12. The minimum atomic E-state index is 0.308. The van der Waals surface area contributed by atoms with Crippen LogP contribution in [-0.2, 0) is 11.2 Å². The molecule has 0 saturated carbocycles. The number of ether oxygens (including phenoxy) is 1. The number of anilines is 1. The molecule has 2 aromatic rings. The summed E-state index contributed by atoms with van der Waals surface area (Å²) < 4.78 is 7.63. The lowest BCUT2D eigenvalue weighted by molar-refractivity contribution is -0.0670. The molecule has 1 aliphatic rings. The Morgan fingerprint density at radius 3 is 2.65 bits per heavy atom. The van der Waals surface area contributed by atoms with E-state index in [2.05, 4.69) is 52.9 Å². The van der Waals surface area contributed by atoms with Crippen molar-refractivity contribution in [3.63, 3.8) is 0 Å². The Bertz CT molecular complexity index is 647. The van der Waals surface area contributed by atoms with Gasteiger partial charge in [0.15, 0.2) is 11.5 Å². The van der Waals surface area contributed by atoms with Gasteiger partial charge >= 0.3 is 0 Å². The normalized spacial score (nSPS) is 22.6. The van der Waals surface area contributed by atoms with Gasteiger partial charge in [-0.15, -0.1) is 15.3 Å². The lowest BCUT2D eigenvalue weighted by Gasteiger charge is -2.36. The zero-order valence-corrected chi connectivity index (χ0v) is 14.4. The third kappa shape index (κ3) is 3.61. The maximum absolute atomic E-state index is 5.79. The van der Waals surface area contributed by atoms with Crippen LogP contribution in [0.2, 0.25) is 0 Å². The first kappa shape index (κ1) is 16.1. The molecule has 7 nitrogen and oxygen atoms in total. The van der Waals surface area contributed by atoms with Crippen LogP contribution in [0.4, 0.5) is 5.82 Å². The molecule has 126 valence electrons. The highest BCUT2D eigenvalue weighted by Crippen LogP contribution is 2.13. The maximum Gasteiger partial charge on any atom is 0.178 e. The second-order valence-electron chi connectivity index (χ2n) is 6.37.